The number of hydrogen-bond donors (Lipinski definition) is 1. The van der Waals surface area contributed by atoms with E-state index >= 15 is 0 Å². The highest BCUT2D eigenvalue weighted by molar-refractivity contribution is 5.79. The minimum absolute atomic E-state index is 0.0675. The van der Waals surface area contributed by atoms with Crippen molar-refractivity contribution in [2.75, 3.05) is 33.7 Å². The van der Waals surface area contributed by atoms with Crippen LogP contribution in [0.2, 0.25) is 0 Å². The summed E-state index contributed by atoms with van der Waals surface area (Å²) in [7, 11) is 3.78. The average molecular weight is 264 g/mol. The van der Waals surface area contributed by atoms with Crippen molar-refractivity contribution in [2.45, 2.75) is 43.7 Å². The standard InChI is InChI=1S/C14H24N4O/c1-17(12-8-16-9-12)10-13(19)18(2)14(11-15)6-4-3-5-7-14/h12,16H,3-10H2,1-2H3. The molecule has 1 aliphatic heterocycles. The van der Waals surface area contributed by atoms with Crippen LogP contribution in [0, 0.1) is 11.3 Å². The predicted octanol–water partition coefficient (Wildman–Crippen LogP) is 0.575. The molecule has 1 saturated carbocycles. The van der Waals surface area contributed by atoms with E-state index in [0.717, 1.165) is 38.8 Å². The third-order valence-electron chi connectivity index (χ3n) is 4.67. The summed E-state index contributed by atoms with van der Waals surface area (Å²) in [6.45, 7) is 2.32. The molecule has 0 aromatic carbocycles. The molecule has 0 aromatic rings. The lowest BCUT2D eigenvalue weighted by Gasteiger charge is -2.41. The Morgan fingerprint density at radius 3 is 2.42 bits per heavy atom. The zero-order valence-corrected chi connectivity index (χ0v) is 12.0. The molecule has 0 radical (unpaired) electrons. The van der Waals surface area contributed by atoms with Crippen molar-refractivity contribution in [1.82, 2.24) is 15.1 Å². The number of hydrogen-bond acceptors (Lipinski definition) is 4. The summed E-state index contributed by atoms with van der Waals surface area (Å²) in [6.07, 6.45) is 4.92. The first-order valence-electron chi connectivity index (χ1n) is 7.18. The number of likely N-dealkylation sites (N-methyl/N-ethyl adjacent to an activating group) is 2. The molecule has 5 nitrogen and oxygen atoms in total. The van der Waals surface area contributed by atoms with Gasteiger partial charge < -0.3 is 10.2 Å². The Morgan fingerprint density at radius 1 is 1.32 bits per heavy atom. The van der Waals surface area contributed by atoms with Crippen molar-refractivity contribution >= 4 is 5.91 Å². The molecule has 2 aliphatic rings. The molecule has 106 valence electrons. The molecule has 1 saturated heterocycles. The monoisotopic (exact) mass is 264 g/mol. The molecule has 1 heterocycles. The molecular weight excluding hydrogens is 240 g/mol. The van der Waals surface area contributed by atoms with Gasteiger partial charge in [-0.05, 0) is 19.9 Å². The summed E-state index contributed by atoms with van der Waals surface area (Å²) in [6, 6.07) is 2.86. The Hall–Kier alpha value is -1.12. The van der Waals surface area contributed by atoms with Crippen LogP contribution in [0.3, 0.4) is 0 Å². The van der Waals surface area contributed by atoms with E-state index in [1.54, 1.807) is 11.9 Å². The van der Waals surface area contributed by atoms with Crippen molar-refractivity contribution in [3.63, 3.8) is 0 Å². The maximum absolute atomic E-state index is 12.4. The first kappa shape index (κ1) is 14.3. The van der Waals surface area contributed by atoms with Gasteiger partial charge in [-0.25, -0.2) is 0 Å². The van der Waals surface area contributed by atoms with Crippen molar-refractivity contribution in [3.8, 4) is 6.07 Å². The second-order valence-electron chi connectivity index (χ2n) is 5.88. The van der Waals surface area contributed by atoms with Crippen LogP contribution in [0.25, 0.3) is 0 Å². The number of carbonyl (C=O) groups is 1. The van der Waals surface area contributed by atoms with E-state index in [9.17, 15) is 10.1 Å². The maximum Gasteiger partial charge on any atom is 0.237 e. The largest absolute Gasteiger partial charge is 0.326 e. The Morgan fingerprint density at radius 2 is 1.95 bits per heavy atom. The molecule has 19 heavy (non-hydrogen) atoms. The SMILES string of the molecule is CN(CC(=O)N(C)C1(C#N)CCCCC1)C1CNC1. The van der Waals surface area contributed by atoms with Gasteiger partial charge in [-0.2, -0.15) is 5.26 Å². The van der Waals surface area contributed by atoms with Gasteiger partial charge >= 0.3 is 0 Å². The Bertz CT molecular complexity index is 366. The number of nitrogens with one attached hydrogen (secondary N) is 1. The summed E-state index contributed by atoms with van der Waals surface area (Å²) in [5.41, 5.74) is -0.561. The summed E-state index contributed by atoms with van der Waals surface area (Å²) >= 11 is 0. The Kier molecular flexibility index (Phi) is 4.43. The van der Waals surface area contributed by atoms with Crippen molar-refractivity contribution in [3.05, 3.63) is 0 Å². The fourth-order valence-electron chi connectivity index (χ4n) is 2.93. The molecule has 0 aromatic heterocycles. The van der Waals surface area contributed by atoms with Gasteiger partial charge in [0.05, 0.1) is 12.6 Å². The summed E-state index contributed by atoms with van der Waals surface area (Å²) in [5.74, 6) is 0.0675. The second kappa shape index (κ2) is 5.89. The van der Waals surface area contributed by atoms with Crippen LogP contribution in [0.5, 0.6) is 0 Å². The lowest BCUT2D eigenvalue weighted by molar-refractivity contribution is -0.136. The van der Waals surface area contributed by atoms with Gasteiger partial charge in [-0.3, -0.25) is 9.69 Å². The van der Waals surface area contributed by atoms with Crippen LogP contribution in [0.15, 0.2) is 0 Å². The first-order chi connectivity index (χ1) is 9.09. The smallest absolute Gasteiger partial charge is 0.237 e. The molecule has 1 amide bonds. The minimum atomic E-state index is -0.561. The molecule has 0 unspecified atom stereocenters. The lowest BCUT2D eigenvalue weighted by Crippen LogP contribution is -2.59. The Labute approximate surface area is 115 Å². The van der Waals surface area contributed by atoms with Crippen molar-refractivity contribution in [2.24, 2.45) is 0 Å². The molecule has 0 bridgehead atoms. The van der Waals surface area contributed by atoms with Crippen LogP contribution >= 0.6 is 0 Å². The van der Waals surface area contributed by atoms with Crippen LogP contribution in [-0.4, -0.2) is 61.0 Å². The average Bonchev–Trinajstić information content (AvgIpc) is 2.36. The molecule has 1 N–H and O–H groups in total. The van der Waals surface area contributed by atoms with Crippen molar-refractivity contribution < 1.29 is 4.79 Å². The fraction of sp³-hybridized carbons (Fsp3) is 0.857. The number of nitriles is 1. The zero-order chi connectivity index (χ0) is 13.9. The summed E-state index contributed by atoms with van der Waals surface area (Å²) in [4.78, 5) is 16.2. The number of carbonyl (C=O) groups excluding carboxylic acids is 1. The van der Waals surface area contributed by atoms with Gasteiger partial charge in [0.1, 0.15) is 5.54 Å². The highest BCUT2D eigenvalue weighted by Crippen LogP contribution is 2.32. The van der Waals surface area contributed by atoms with Crippen LogP contribution in [-0.2, 0) is 4.79 Å². The number of nitrogens with zero attached hydrogens (tertiary/aromatic N) is 3. The molecule has 0 spiro atoms. The van der Waals surface area contributed by atoms with E-state index < -0.39 is 5.54 Å². The number of amides is 1. The minimum Gasteiger partial charge on any atom is -0.326 e. The molecule has 2 fully saturated rings. The molecular formula is C14H24N4O. The topological polar surface area (TPSA) is 59.4 Å². The van der Waals surface area contributed by atoms with E-state index in [-0.39, 0.29) is 5.91 Å². The molecule has 2 rings (SSSR count). The number of rotatable bonds is 4. The third kappa shape index (κ3) is 2.90. The quantitative estimate of drug-likeness (QED) is 0.807. The Balaban J connectivity index is 1.95. The van der Waals surface area contributed by atoms with Crippen LogP contribution < -0.4 is 5.32 Å². The van der Waals surface area contributed by atoms with E-state index in [0.29, 0.717) is 12.6 Å². The van der Waals surface area contributed by atoms with Crippen molar-refractivity contribution in [1.29, 1.82) is 5.26 Å². The summed E-state index contributed by atoms with van der Waals surface area (Å²) < 4.78 is 0. The van der Waals surface area contributed by atoms with Gasteiger partial charge in [0, 0.05) is 26.2 Å². The van der Waals surface area contributed by atoms with E-state index in [1.165, 1.54) is 6.42 Å². The first-order valence-corrected chi connectivity index (χ1v) is 7.18. The van der Waals surface area contributed by atoms with Crippen LogP contribution in [0.4, 0.5) is 0 Å². The fourth-order valence-corrected chi connectivity index (χ4v) is 2.93. The molecule has 1 aliphatic carbocycles. The zero-order valence-electron chi connectivity index (χ0n) is 12.0. The van der Waals surface area contributed by atoms with E-state index in [2.05, 4.69) is 16.3 Å². The van der Waals surface area contributed by atoms with Gasteiger partial charge in [-0.1, -0.05) is 19.3 Å². The third-order valence-corrected chi connectivity index (χ3v) is 4.67. The van der Waals surface area contributed by atoms with Gasteiger partial charge in [-0.15, -0.1) is 0 Å². The van der Waals surface area contributed by atoms with Gasteiger partial charge in [0.15, 0.2) is 0 Å². The predicted molar refractivity (Wildman–Crippen MR) is 73.5 cm³/mol. The van der Waals surface area contributed by atoms with Gasteiger partial charge in [0.2, 0.25) is 5.91 Å². The molecule has 0 atom stereocenters. The highest BCUT2D eigenvalue weighted by Gasteiger charge is 2.39. The van der Waals surface area contributed by atoms with Crippen LogP contribution in [0.1, 0.15) is 32.1 Å². The summed E-state index contributed by atoms with van der Waals surface area (Å²) in [5, 5.41) is 12.7. The van der Waals surface area contributed by atoms with E-state index in [1.807, 2.05) is 7.05 Å². The lowest BCUT2D eigenvalue weighted by atomic mass is 9.81. The molecule has 5 heteroatoms. The highest BCUT2D eigenvalue weighted by atomic mass is 16.2. The normalized spacial score (nSPS) is 22.6. The van der Waals surface area contributed by atoms with Gasteiger partial charge in [0.25, 0.3) is 0 Å². The maximum atomic E-state index is 12.4. The van der Waals surface area contributed by atoms with E-state index in [4.69, 9.17) is 0 Å². The second-order valence-corrected chi connectivity index (χ2v) is 5.88.